The standard InChI is InChI=1S/C20H16ClF4N7O2/c21-15-9-12(20(23,24)25)10-26-17(15)29-18-16(32(33)34)19(28-11-27-18)31-7-5-30(6-8-31)14-3-1-13(22)2-4-14/h1-4,9-11H,5-8H2,(H,26,27,28,29). The van der Waals surface area contributed by atoms with Crippen LogP contribution in [0, 0.1) is 15.9 Å². The monoisotopic (exact) mass is 497 g/mol. The Labute approximate surface area is 195 Å². The number of anilines is 4. The van der Waals surface area contributed by atoms with Crippen LogP contribution in [0.3, 0.4) is 0 Å². The Morgan fingerprint density at radius 2 is 1.65 bits per heavy atom. The average molecular weight is 498 g/mol. The number of halogens is 5. The maximum absolute atomic E-state index is 13.2. The maximum Gasteiger partial charge on any atom is 0.417 e. The number of benzene rings is 1. The van der Waals surface area contributed by atoms with Gasteiger partial charge in [-0.05, 0) is 30.3 Å². The van der Waals surface area contributed by atoms with Crippen molar-refractivity contribution in [2.24, 2.45) is 0 Å². The summed E-state index contributed by atoms with van der Waals surface area (Å²) in [6.07, 6.45) is -2.97. The van der Waals surface area contributed by atoms with E-state index in [2.05, 4.69) is 20.3 Å². The minimum Gasteiger partial charge on any atom is -0.368 e. The summed E-state index contributed by atoms with van der Waals surface area (Å²) < 4.78 is 51.7. The number of hydrogen-bond donors (Lipinski definition) is 1. The van der Waals surface area contributed by atoms with Crippen LogP contribution in [0.2, 0.25) is 5.02 Å². The molecule has 2 aromatic heterocycles. The quantitative estimate of drug-likeness (QED) is 0.308. The van der Waals surface area contributed by atoms with Crippen molar-refractivity contribution in [1.82, 2.24) is 15.0 Å². The SMILES string of the molecule is O=[N+]([O-])c1c(Nc2ncc(C(F)(F)F)cc2Cl)ncnc1N1CCN(c2ccc(F)cc2)CC1. The Bertz CT molecular complexity index is 1200. The molecule has 3 aromatic rings. The van der Waals surface area contributed by atoms with Gasteiger partial charge in [0.15, 0.2) is 5.82 Å². The lowest BCUT2D eigenvalue weighted by atomic mass is 10.2. The number of nitrogens with one attached hydrogen (secondary N) is 1. The third kappa shape index (κ3) is 4.93. The van der Waals surface area contributed by atoms with Crippen LogP contribution in [-0.4, -0.2) is 46.1 Å². The predicted molar refractivity (Wildman–Crippen MR) is 117 cm³/mol. The van der Waals surface area contributed by atoms with Crippen LogP contribution in [-0.2, 0) is 6.18 Å². The third-order valence-electron chi connectivity index (χ3n) is 5.16. The highest BCUT2D eigenvalue weighted by molar-refractivity contribution is 6.33. The molecule has 34 heavy (non-hydrogen) atoms. The molecule has 3 heterocycles. The molecule has 9 nitrogen and oxygen atoms in total. The summed E-state index contributed by atoms with van der Waals surface area (Å²) in [5.74, 6) is -0.778. The molecular formula is C20H16ClF4N7O2. The van der Waals surface area contributed by atoms with Crippen LogP contribution in [0.15, 0.2) is 42.9 Å². The van der Waals surface area contributed by atoms with Crippen molar-refractivity contribution >= 4 is 40.4 Å². The molecule has 1 N–H and O–H groups in total. The van der Waals surface area contributed by atoms with Gasteiger partial charge in [0.2, 0.25) is 11.6 Å². The lowest BCUT2D eigenvalue weighted by Crippen LogP contribution is -2.47. The van der Waals surface area contributed by atoms with Crippen LogP contribution in [0.4, 0.5) is 46.4 Å². The molecule has 1 saturated heterocycles. The first-order valence-corrected chi connectivity index (χ1v) is 10.3. The summed E-state index contributed by atoms with van der Waals surface area (Å²) in [6, 6.07) is 6.69. The number of piperazine rings is 1. The van der Waals surface area contributed by atoms with Crippen LogP contribution in [0.1, 0.15) is 5.56 Å². The largest absolute Gasteiger partial charge is 0.417 e. The van der Waals surface area contributed by atoms with E-state index in [0.29, 0.717) is 38.4 Å². The minimum absolute atomic E-state index is 0.0456. The summed E-state index contributed by atoms with van der Waals surface area (Å²) >= 11 is 5.91. The summed E-state index contributed by atoms with van der Waals surface area (Å²) in [4.78, 5) is 26.5. The van der Waals surface area contributed by atoms with E-state index in [1.165, 1.54) is 12.1 Å². The molecule has 1 aliphatic rings. The molecule has 1 aliphatic heterocycles. The highest BCUT2D eigenvalue weighted by Gasteiger charge is 2.33. The summed E-state index contributed by atoms with van der Waals surface area (Å²) in [7, 11) is 0. The third-order valence-corrected chi connectivity index (χ3v) is 5.45. The molecule has 0 bridgehead atoms. The van der Waals surface area contributed by atoms with Crippen molar-refractivity contribution in [3.8, 4) is 0 Å². The Kier molecular flexibility index (Phi) is 6.37. The second-order valence-electron chi connectivity index (χ2n) is 7.28. The molecule has 1 aromatic carbocycles. The van der Waals surface area contributed by atoms with E-state index >= 15 is 0 Å². The fourth-order valence-corrected chi connectivity index (χ4v) is 3.70. The van der Waals surface area contributed by atoms with Crippen LogP contribution in [0.5, 0.6) is 0 Å². The van der Waals surface area contributed by atoms with Gasteiger partial charge in [-0.25, -0.2) is 19.3 Å². The lowest BCUT2D eigenvalue weighted by Gasteiger charge is -2.36. The summed E-state index contributed by atoms with van der Waals surface area (Å²) in [6.45, 7) is 1.77. The highest BCUT2D eigenvalue weighted by atomic mass is 35.5. The van der Waals surface area contributed by atoms with Crippen molar-refractivity contribution in [3.05, 3.63) is 69.4 Å². The van der Waals surface area contributed by atoms with Crippen molar-refractivity contribution in [2.45, 2.75) is 6.18 Å². The van der Waals surface area contributed by atoms with Gasteiger partial charge >= 0.3 is 11.9 Å². The zero-order valence-corrected chi connectivity index (χ0v) is 18.0. The van der Waals surface area contributed by atoms with Gasteiger partial charge in [0, 0.05) is 38.1 Å². The van der Waals surface area contributed by atoms with Crippen molar-refractivity contribution in [1.29, 1.82) is 0 Å². The van der Waals surface area contributed by atoms with Crippen LogP contribution < -0.4 is 15.1 Å². The number of hydrogen-bond acceptors (Lipinski definition) is 8. The van der Waals surface area contributed by atoms with Crippen molar-refractivity contribution in [3.63, 3.8) is 0 Å². The lowest BCUT2D eigenvalue weighted by molar-refractivity contribution is -0.383. The molecule has 0 atom stereocenters. The first kappa shape index (κ1) is 23.4. The van der Waals surface area contributed by atoms with Crippen LogP contribution in [0.25, 0.3) is 0 Å². The zero-order valence-electron chi connectivity index (χ0n) is 17.3. The molecule has 0 saturated carbocycles. The number of nitrogens with zero attached hydrogens (tertiary/aromatic N) is 6. The molecule has 14 heteroatoms. The molecule has 1 fully saturated rings. The molecule has 0 amide bonds. The average Bonchev–Trinajstić information content (AvgIpc) is 2.80. The van der Waals surface area contributed by atoms with Crippen LogP contribution >= 0.6 is 11.6 Å². The summed E-state index contributed by atoms with van der Waals surface area (Å²) in [5, 5.41) is 14.0. The van der Waals surface area contributed by atoms with Gasteiger partial charge in [0.25, 0.3) is 0 Å². The number of alkyl halides is 3. The van der Waals surface area contributed by atoms with Crippen molar-refractivity contribution in [2.75, 3.05) is 41.3 Å². The van der Waals surface area contributed by atoms with Gasteiger partial charge in [-0.3, -0.25) is 10.1 Å². The van der Waals surface area contributed by atoms with E-state index in [-0.39, 0.29) is 28.3 Å². The Hall–Kier alpha value is -3.74. The number of rotatable bonds is 5. The van der Waals surface area contributed by atoms with Gasteiger partial charge in [-0.1, -0.05) is 11.6 Å². The topological polar surface area (TPSA) is 100 Å². The zero-order chi connectivity index (χ0) is 24.5. The van der Waals surface area contributed by atoms with Gasteiger partial charge in [-0.2, -0.15) is 13.2 Å². The van der Waals surface area contributed by atoms with E-state index in [1.807, 2.05) is 4.90 Å². The molecule has 178 valence electrons. The number of aromatic nitrogens is 3. The van der Waals surface area contributed by atoms with Crippen molar-refractivity contribution < 1.29 is 22.5 Å². The molecule has 0 aliphatic carbocycles. The predicted octanol–water partition coefficient (Wildman–Crippen LogP) is 4.66. The Balaban J connectivity index is 1.56. The first-order chi connectivity index (χ1) is 16.1. The van der Waals surface area contributed by atoms with Gasteiger partial charge in [-0.15, -0.1) is 0 Å². The Morgan fingerprint density at radius 3 is 2.24 bits per heavy atom. The maximum atomic E-state index is 13.2. The second-order valence-corrected chi connectivity index (χ2v) is 7.69. The minimum atomic E-state index is -4.64. The smallest absolute Gasteiger partial charge is 0.368 e. The summed E-state index contributed by atoms with van der Waals surface area (Å²) in [5.41, 5.74) is -0.695. The number of nitro groups is 1. The number of pyridine rings is 1. The van der Waals surface area contributed by atoms with E-state index < -0.39 is 22.4 Å². The normalized spacial score (nSPS) is 14.3. The molecule has 0 spiro atoms. The fourth-order valence-electron chi connectivity index (χ4n) is 3.49. The van der Waals surface area contributed by atoms with E-state index in [1.54, 1.807) is 17.0 Å². The molecule has 4 rings (SSSR count). The highest BCUT2D eigenvalue weighted by Crippen LogP contribution is 2.37. The van der Waals surface area contributed by atoms with E-state index in [4.69, 9.17) is 11.6 Å². The Morgan fingerprint density at radius 1 is 1.00 bits per heavy atom. The van der Waals surface area contributed by atoms with Gasteiger partial charge < -0.3 is 15.1 Å². The fraction of sp³-hybridized carbons (Fsp3) is 0.250. The second kappa shape index (κ2) is 9.25. The molecule has 0 radical (unpaired) electrons. The van der Waals surface area contributed by atoms with E-state index in [0.717, 1.165) is 12.0 Å². The first-order valence-electron chi connectivity index (χ1n) is 9.88. The van der Waals surface area contributed by atoms with Gasteiger partial charge in [0.05, 0.1) is 15.5 Å². The van der Waals surface area contributed by atoms with Gasteiger partial charge in [0.1, 0.15) is 12.1 Å². The molecular weight excluding hydrogens is 482 g/mol. The molecule has 0 unspecified atom stereocenters. The van der Waals surface area contributed by atoms with E-state index in [9.17, 15) is 27.7 Å².